The molecule has 34 heavy (non-hydrogen) atoms. The number of carbonyl (C=O) groups excluding carboxylic acids is 2. The van der Waals surface area contributed by atoms with Crippen molar-refractivity contribution in [3.63, 3.8) is 0 Å². The molecular weight excluding hydrogens is 428 g/mol. The predicted octanol–water partition coefficient (Wildman–Crippen LogP) is 5.97. The number of hydrogen-bond donors (Lipinski definition) is 3. The molecule has 1 aliphatic heterocycles. The smallest absolute Gasteiger partial charge is 0.323 e. The Morgan fingerprint density at radius 3 is 2.12 bits per heavy atom. The minimum absolute atomic E-state index is 0.197. The number of ether oxygens (including phenoxy) is 1. The van der Waals surface area contributed by atoms with Gasteiger partial charge < -0.3 is 25.6 Å². The molecule has 1 fully saturated rings. The Bertz CT molecular complexity index is 1110. The maximum absolute atomic E-state index is 12.8. The van der Waals surface area contributed by atoms with Crippen molar-refractivity contribution in [1.82, 2.24) is 0 Å². The van der Waals surface area contributed by atoms with Gasteiger partial charge in [-0.15, -0.1) is 0 Å². The Balaban J connectivity index is 1.55. The summed E-state index contributed by atoms with van der Waals surface area (Å²) < 4.78 is 5.17. The fourth-order valence-corrected chi connectivity index (χ4v) is 4.05. The Morgan fingerprint density at radius 2 is 1.44 bits per heavy atom. The van der Waals surface area contributed by atoms with Crippen LogP contribution < -0.4 is 25.6 Å². The third kappa shape index (κ3) is 6.07. The first-order valence-corrected chi connectivity index (χ1v) is 11.6. The molecule has 4 rings (SSSR count). The summed E-state index contributed by atoms with van der Waals surface area (Å²) in [6.07, 6.45) is 4.65. The second-order valence-corrected chi connectivity index (χ2v) is 8.26. The highest BCUT2D eigenvalue weighted by Crippen LogP contribution is 2.31. The van der Waals surface area contributed by atoms with E-state index in [4.69, 9.17) is 4.74 Å². The van der Waals surface area contributed by atoms with Gasteiger partial charge in [-0.1, -0.05) is 31.0 Å². The summed E-state index contributed by atoms with van der Waals surface area (Å²) in [4.78, 5) is 27.8. The van der Waals surface area contributed by atoms with E-state index < -0.39 is 0 Å². The Labute approximate surface area is 200 Å². The van der Waals surface area contributed by atoms with Crippen LogP contribution in [0.25, 0.3) is 0 Å². The van der Waals surface area contributed by atoms with Crippen LogP contribution in [0.15, 0.2) is 72.8 Å². The van der Waals surface area contributed by atoms with Crippen molar-refractivity contribution in [3.8, 4) is 5.75 Å². The maximum atomic E-state index is 12.8. The Morgan fingerprint density at radius 1 is 0.765 bits per heavy atom. The van der Waals surface area contributed by atoms with E-state index in [2.05, 4.69) is 20.9 Å². The van der Waals surface area contributed by atoms with E-state index in [0.29, 0.717) is 22.6 Å². The minimum atomic E-state index is -0.354. The first-order valence-electron chi connectivity index (χ1n) is 11.6. The number of methoxy groups -OCH3 is 1. The zero-order chi connectivity index (χ0) is 23.8. The SMILES string of the molecule is COc1ccc(NC(=O)Nc2cc(NC(=O)c3ccccc3)ccc2N2CCCCCC2)cc1. The number of anilines is 4. The van der Waals surface area contributed by atoms with Crippen LogP contribution >= 0.6 is 0 Å². The van der Waals surface area contributed by atoms with Crippen molar-refractivity contribution in [3.05, 3.63) is 78.4 Å². The molecule has 176 valence electrons. The van der Waals surface area contributed by atoms with Crippen LogP contribution in [-0.2, 0) is 0 Å². The quantitative estimate of drug-likeness (QED) is 0.425. The number of rotatable bonds is 6. The van der Waals surface area contributed by atoms with Gasteiger partial charge in [-0.2, -0.15) is 0 Å². The molecule has 1 heterocycles. The Hall–Kier alpha value is -4.00. The Kier molecular flexibility index (Phi) is 7.65. The summed E-state index contributed by atoms with van der Waals surface area (Å²) in [6, 6.07) is 21.5. The highest BCUT2D eigenvalue weighted by Gasteiger charge is 2.17. The molecule has 0 bridgehead atoms. The number of nitrogens with one attached hydrogen (secondary N) is 3. The van der Waals surface area contributed by atoms with Crippen molar-refractivity contribution in [2.75, 3.05) is 41.0 Å². The molecule has 0 radical (unpaired) electrons. The van der Waals surface area contributed by atoms with E-state index in [-0.39, 0.29) is 11.9 Å². The number of carbonyl (C=O) groups is 2. The highest BCUT2D eigenvalue weighted by atomic mass is 16.5. The first-order chi connectivity index (χ1) is 16.6. The highest BCUT2D eigenvalue weighted by molar-refractivity contribution is 6.06. The average Bonchev–Trinajstić information content (AvgIpc) is 3.15. The van der Waals surface area contributed by atoms with Crippen LogP contribution in [-0.4, -0.2) is 32.1 Å². The lowest BCUT2D eigenvalue weighted by Gasteiger charge is -2.26. The molecule has 1 saturated heterocycles. The normalized spacial score (nSPS) is 13.5. The largest absolute Gasteiger partial charge is 0.497 e. The molecule has 0 unspecified atom stereocenters. The van der Waals surface area contributed by atoms with Gasteiger partial charge in [0.25, 0.3) is 5.91 Å². The van der Waals surface area contributed by atoms with Crippen molar-refractivity contribution in [2.24, 2.45) is 0 Å². The molecular formula is C27H30N4O3. The fraction of sp³-hybridized carbons (Fsp3) is 0.259. The third-order valence-electron chi connectivity index (χ3n) is 5.83. The van der Waals surface area contributed by atoms with Gasteiger partial charge in [-0.05, 0) is 67.4 Å². The fourth-order valence-electron chi connectivity index (χ4n) is 4.05. The monoisotopic (exact) mass is 458 g/mol. The third-order valence-corrected chi connectivity index (χ3v) is 5.83. The van der Waals surface area contributed by atoms with E-state index in [0.717, 1.165) is 37.4 Å². The molecule has 3 N–H and O–H groups in total. The van der Waals surface area contributed by atoms with Crippen molar-refractivity contribution < 1.29 is 14.3 Å². The van der Waals surface area contributed by atoms with E-state index in [1.807, 2.05) is 36.4 Å². The van der Waals surface area contributed by atoms with Crippen LogP contribution in [0.1, 0.15) is 36.0 Å². The van der Waals surface area contributed by atoms with Crippen LogP contribution in [0.2, 0.25) is 0 Å². The van der Waals surface area contributed by atoms with Gasteiger partial charge in [0, 0.05) is 30.0 Å². The van der Waals surface area contributed by atoms with Crippen LogP contribution in [0.3, 0.4) is 0 Å². The first kappa shape index (κ1) is 23.2. The van der Waals surface area contributed by atoms with Gasteiger partial charge >= 0.3 is 6.03 Å². The van der Waals surface area contributed by atoms with E-state index >= 15 is 0 Å². The summed E-state index contributed by atoms with van der Waals surface area (Å²) in [5.41, 5.74) is 3.45. The maximum Gasteiger partial charge on any atom is 0.323 e. The number of benzene rings is 3. The van der Waals surface area contributed by atoms with Gasteiger partial charge in [-0.3, -0.25) is 4.79 Å². The van der Waals surface area contributed by atoms with Gasteiger partial charge in [0.1, 0.15) is 5.75 Å². The van der Waals surface area contributed by atoms with Crippen molar-refractivity contribution >= 4 is 34.7 Å². The number of urea groups is 1. The molecule has 0 aromatic heterocycles. The summed E-state index contributed by atoms with van der Waals surface area (Å²) >= 11 is 0. The molecule has 1 aliphatic rings. The second kappa shape index (κ2) is 11.2. The standard InChI is InChI=1S/C27H30N4O3/c1-34-23-14-11-21(12-15-23)29-27(33)30-24-19-22(28-26(32)20-9-5-4-6-10-20)13-16-25(24)31-17-7-2-3-8-18-31/h4-6,9-16,19H,2-3,7-8,17-18H2,1H3,(H,28,32)(H2,29,30,33). The van der Waals surface area contributed by atoms with Crippen molar-refractivity contribution in [2.45, 2.75) is 25.7 Å². The van der Waals surface area contributed by atoms with Crippen LogP contribution in [0.5, 0.6) is 5.75 Å². The molecule has 0 spiro atoms. The lowest BCUT2D eigenvalue weighted by atomic mass is 10.1. The predicted molar refractivity (Wildman–Crippen MR) is 137 cm³/mol. The molecule has 3 aromatic rings. The second-order valence-electron chi connectivity index (χ2n) is 8.26. The van der Waals surface area contributed by atoms with Gasteiger partial charge in [0.15, 0.2) is 0 Å². The summed E-state index contributed by atoms with van der Waals surface area (Å²) in [5, 5.41) is 8.78. The zero-order valence-corrected chi connectivity index (χ0v) is 19.3. The lowest BCUT2D eigenvalue weighted by Crippen LogP contribution is -2.27. The van der Waals surface area contributed by atoms with Gasteiger partial charge in [-0.25, -0.2) is 4.79 Å². The van der Waals surface area contributed by atoms with Crippen LogP contribution in [0.4, 0.5) is 27.5 Å². The molecule has 3 aromatic carbocycles. The summed E-state index contributed by atoms with van der Waals surface area (Å²) in [5.74, 6) is 0.521. The minimum Gasteiger partial charge on any atom is -0.497 e. The average molecular weight is 459 g/mol. The number of amides is 3. The van der Waals surface area contributed by atoms with E-state index in [1.54, 1.807) is 43.5 Å². The number of nitrogens with zero attached hydrogens (tertiary/aromatic N) is 1. The number of hydrogen-bond acceptors (Lipinski definition) is 4. The molecule has 0 saturated carbocycles. The van der Waals surface area contributed by atoms with Gasteiger partial charge in [0.2, 0.25) is 0 Å². The molecule has 0 aliphatic carbocycles. The molecule has 0 atom stereocenters. The topological polar surface area (TPSA) is 82.7 Å². The van der Waals surface area contributed by atoms with Gasteiger partial charge in [0.05, 0.1) is 18.5 Å². The van der Waals surface area contributed by atoms with E-state index in [9.17, 15) is 9.59 Å². The van der Waals surface area contributed by atoms with E-state index in [1.165, 1.54) is 12.8 Å². The summed E-state index contributed by atoms with van der Waals surface area (Å²) in [6.45, 7) is 1.87. The van der Waals surface area contributed by atoms with Crippen LogP contribution in [0, 0.1) is 0 Å². The van der Waals surface area contributed by atoms with Crippen molar-refractivity contribution in [1.29, 1.82) is 0 Å². The molecule has 3 amide bonds. The molecule has 7 nitrogen and oxygen atoms in total. The molecule has 7 heteroatoms. The lowest BCUT2D eigenvalue weighted by molar-refractivity contribution is 0.102. The zero-order valence-electron chi connectivity index (χ0n) is 19.3. The summed E-state index contributed by atoms with van der Waals surface area (Å²) in [7, 11) is 1.60.